The first-order chi connectivity index (χ1) is 8.67. The predicted molar refractivity (Wildman–Crippen MR) is 72.6 cm³/mol. The molecule has 1 aliphatic rings. The van der Waals surface area contributed by atoms with Gasteiger partial charge in [-0.15, -0.1) is 0 Å². The molecule has 0 aromatic carbocycles. The van der Waals surface area contributed by atoms with Gasteiger partial charge in [-0.2, -0.15) is 0 Å². The summed E-state index contributed by atoms with van der Waals surface area (Å²) in [5, 5.41) is 6.59. The summed E-state index contributed by atoms with van der Waals surface area (Å²) in [6.45, 7) is 8.04. The van der Waals surface area contributed by atoms with Gasteiger partial charge in [-0.25, -0.2) is 0 Å². The molecule has 2 unspecified atom stereocenters. The minimum absolute atomic E-state index is 0.138. The molecule has 0 radical (unpaired) electrons. The van der Waals surface area contributed by atoms with Crippen molar-refractivity contribution in [1.82, 2.24) is 10.6 Å². The Labute approximate surface area is 109 Å². The van der Waals surface area contributed by atoms with Gasteiger partial charge in [-0.1, -0.05) is 6.92 Å². The minimum atomic E-state index is -0.138. The van der Waals surface area contributed by atoms with E-state index in [4.69, 9.17) is 4.74 Å². The van der Waals surface area contributed by atoms with Crippen LogP contribution < -0.4 is 10.6 Å². The van der Waals surface area contributed by atoms with Crippen molar-refractivity contribution in [2.45, 2.75) is 46.1 Å². The lowest BCUT2D eigenvalue weighted by molar-refractivity contribution is -0.143. The topological polar surface area (TPSA) is 62.7 Å². The molecule has 5 nitrogen and oxygen atoms in total. The molecule has 0 spiro atoms. The third kappa shape index (κ3) is 5.89. The van der Waals surface area contributed by atoms with Crippen LogP contribution in [0.2, 0.25) is 0 Å². The Morgan fingerprint density at radius 1 is 1.44 bits per heavy atom. The Morgan fingerprint density at radius 2 is 2.17 bits per heavy atom. The number of hydrogen-bond donors (Lipinski definition) is 2. The minimum Gasteiger partial charge on any atom is -0.466 e. The molecule has 1 fully saturated rings. The number of nitrogens with one attached hydrogen (secondary N) is 2. The number of aliphatic imine (C=N–C) groups is 1. The van der Waals surface area contributed by atoms with E-state index in [0.717, 1.165) is 24.8 Å². The van der Waals surface area contributed by atoms with Crippen molar-refractivity contribution in [2.75, 3.05) is 19.7 Å². The second-order valence-electron chi connectivity index (χ2n) is 4.63. The average molecular weight is 255 g/mol. The molecular weight excluding hydrogens is 230 g/mol. The summed E-state index contributed by atoms with van der Waals surface area (Å²) in [7, 11) is 0. The Hall–Kier alpha value is -1.26. The molecule has 104 valence electrons. The monoisotopic (exact) mass is 255 g/mol. The molecule has 2 atom stereocenters. The number of nitrogens with zero attached hydrogens (tertiary/aromatic N) is 1. The molecule has 18 heavy (non-hydrogen) atoms. The van der Waals surface area contributed by atoms with E-state index < -0.39 is 0 Å². The second kappa shape index (κ2) is 7.95. The Kier molecular flexibility index (Phi) is 6.54. The number of ether oxygens (including phenoxy) is 1. The summed E-state index contributed by atoms with van der Waals surface area (Å²) in [4.78, 5) is 15.6. The SMILES string of the molecule is CCNC(=NCCCC(=O)OCC)NC1CC1C. The van der Waals surface area contributed by atoms with Gasteiger partial charge in [0.1, 0.15) is 0 Å². The molecule has 0 aliphatic heterocycles. The smallest absolute Gasteiger partial charge is 0.305 e. The van der Waals surface area contributed by atoms with Gasteiger partial charge in [0.05, 0.1) is 6.61 Å². The largest absolute Gasteiger partial charge is 0.466 e. The van der Waals surface area contributed by atoms with Crippen molar-refractivity contribution >= 4 is 11.9 Å². The lowest BCUT2D eigenvalue weighted by Crippen LogP contribution is -2.39. The molecule has 0 bridgehead atoms. The van der Waals surface area contributed by atoms with Crippen LogP contribution in [0.5, 0.6) is 0 Å². The summed E-state index contributed by atoms with van der Waals surface area (Å²) < 4.78 is 4.87. The highest BCUT2D eigenvalue weighted by atomic mass is 16.5. The molecule has 1 rings (SSSR count). The first-order valence-corrected chi connectivity index (χ1v) is 6.87. The summed E-state index contributed by atoms with van der Waals surface area (Å²) in [5.41, 5.74) is 0. The fourth-order valence-electron chi connectivity index (χ4n) is 1.67. The summed E-state index contributed by atoms with van der Waals surface area (Å²) in [5.74, 6) is 1.46. The molecular formula is C13H25N3O2. The van der Waals surface area contributed by atoms with Crippen LogP contribution in [0.3, 0.4) is 0 Å². The maximum Gasteiger partial charge on any atom is 0.305 e. The van der Waals surface area contributed by atoms with Gasteiger partial charge >= 0.3 is 5.97 Å². The molecule has 1 saturated carbocycles. The maximum absolute atomic E-state index is 11.1. The predicted octanol–water partition coefficient (Wildman–Crippen LogP) is 1.29. The summed E-state index contributed by atoms with van der Waals surface area (Å²) in [6, 6.07) is 0.563. The summed E-state index contributed by atoms with van der Waals surface area (Å²) >= 11 is 0. The zero-order chi connectivity index (χ0) is 13.4. The fraction of sp³-hybridized carbons (Fsp3) is 0.846. The number of carbonyl (C=O) groups excluding carboxylic acids is 1. The van der Waals surface area contributed by atoms with E-state index >= 15 is 0 Å². The van der Waals surface area contributed by atoms with Crippen LogP contribution in [-0.2, 0) is 9.53 Å². The lowest BCUT2D eigenvalue weighted by Gasteiger charge is -2.10. The number of rotatable bonds is 7. The number of carbonyl (C=O) groups is 1. The van der Waals surface area contributed by atoms with Crippen molar-refractivity contribution < 1.29 is 9.53 Å². The van der Waals surface area contributed by atoms with Crippen molar-refractivity contribution in [3.63, 3.8) is 0 Å². The molecule has 0 amide bonds. The van der Waals surface area contributed by atoms with E-state index in [2.05, 4.69) is 22.5 Å². The fourth-order valence-corrected chi connectivity index (χ4v) is 1.67. The molecule has 1 aliphatic carbocycles. The van der Waals surface area contributed by atoms with Gasteiger partial charge < -0.3 is 15.4 Å². The quantitative estimate of drug-likeness (QED) is 0.311. The van der Waals surface area contributed by atoms with Crippen LogP contribution in [0.4, 0.5) is 0 Å². The zero-order valence-electron chi connectivity index (χ0n) is 11.7. The van der Waals surface area contributed by atoms with E-state index in [9.17, 15) is 4.79 Å². The van der Waals surface area contributed by atoms with Crippen LogP contribution in [0.1, 0.15) is 40.0 Å². The highest BCUT2D eigenvalue weighted by Gasteiger charge is 2.33. The first kappa shape index (κ1) is 14.8. The van der Waals surface area contributed by atoms with Crippen molar-refractivity contribution in [3.8, 4) is 0 Å². The van der Waals surface area contributed by atoms with E-state index in [1.807, 2.05) is 13.8 Å². The molecule has 0 aromatic heterocycles. The first-order valence-electron chi connectivity index (χ1n) is 6.87. The van der Waals surface area contributed by atoms with Crippen LogP contribution in [0.25, 0.3) is 0 Å². The van der Waals surface area contributed by atoms with Gasteiger partial charge in [-0.3, -0.25) is 9.79 Å². The Bertz CT molecular complexity index is 292. The molecule has 2 N–H and O–H groups in total. The van der Waals surface area contributed by atoms with E-state index in [0.29, 0.717) is 25.6 Å². The highest BCUT2D eigenvalue weighted by molar-refractivity contribution is 5.80. The highest BCUT2D eigenvalue weighted by Crippen LogP contribution is 2.28. The molecule has 0 aromatic rings. The zero-order valence-corrected chi connectivity index (χ0v) is 11.7. The van der Waals surface area contributed by atoms with E-state index in [1.165, 1.54) is 6.42 Å². The van der Waals surface area contributed by atoms with Gasteiger partial charge in [0.2, 0.25) is 0 Å². The molecule has 5 heteroatoms. The number of hydrogen-bond acceptors (Lipinski definition) is 3. The van der Waals surface area contributed by atoms with Crippen LogP contribution in [0.15, 0.2) is 4.99 Å². The van der Waals surface area contributed by atoms with Gasteiger partial charge in [0.15, 0.2) is 5.96 Å². The maximum atomic E-state index is 11.1. The molecule has 0 saturated heterocycles. The normalized spacial score (nSPS) is 22.5. The van der Waals surface area contributed by atoms with Crippen LogP contribution in [0, 0.1) is 5.92 Å². The van der Waals surface area contributed by atoms with Gasteiger partial charge in [0.25, 0.3) is 0 Å². The standard InChI is InChI=1S/C13H25N3O2/c1-4-14-13(16-11-9-10(11)3)15-8-6-7-12(17)18-5-2/h10-11H,4-9H2,1-3H3,(H2,14,15,16). The Balaban J connectivity index is 2.20. The third-order valence-electron chi connectivity index (χ3n) is 2.89. The van der Waals surface area contributed by atoms with Gasteiger partial charge in [0, 0.05) is 25.6 Å². The van der Waals surface area contributed by atoms with Crippen LogP contribution >= 0.6 is 0 Å². The number of guanidine groups is 1. The lowest BCUT2D eigenvalue weighted by atomic mass is 10.3. The van der Waals surface area contributed by atoms with Gasteiger partial charge in [-0.05, 0) is 32.6 Å². The number of esters is 1. The summed E-state index contributed by atoms with van der Waals surface area (Å²) in [6.07, 6.45) is 2.39. The Morgan fingerprint density at radius 3 is 2.72 bits per heavy atom. The van der Waals surface area contributed by atoms with Crippen LogP contribution in [-0.4, -0.2) is 37.7 Å². The third-order valence-corrected chi connectivity index (χ3v) is 2.89. The second-order valence-corrected chi connectivity index (χ2v) is 4.63. The van der Waals surface area contributed by atoms with E-state index in [1.54, 1.807) is 0 Å². The van der Waals surface area contributed by atoms with Crippen molar-refractivity contribution in [1.29, 1.82) is 0 Å². The van der Waals surface area contributed by atoms with E-state index in [-0.39, 0.29) is 5.97 Å². The molecule has 0 heterocycles. The average Bonchev–Trinajstić information content (AvgIpc) is 3.01. The van der Waals surface area contributed by atoms with Crippen molar-refractivity contribution in [2.24, 2.45) is 10.9 Å². The van der Waals surface area contributed by atoms with Crippen molar-refractivity contribution in [3.05, 3.63) is 0 Å².